The molecule has 3 nitrogen and oxygen atoms in total. The lowest BCUT2D eigenvalue weighted by molar-refractivity contribution is 0.288. The van der Waals surface area contributed by atoms with Crippen molar-refractivity contribution in [1.29, 1.82) is 0 Å². The number of thiazole rings is 1. The molecular formula is C11H18N2OS. The Hall–Kier alpha value is -0.450. The Morgan fingerprint density at radius 1 is 1.60 bits per heavy atom. The average Bonchev–Trinajstić information content (AvgIpc) is 2.83. The highest BCUT2D eigenvalue weighted by Crippen LogP contribution is 2.29. The summed E-state index contributed by atoms with van der Waals surface area (Å²) in [7, 11) is 0. The zero-order valence-corrected chi connectivity index (χ0v) is 9.94. The number of hydrogen-bond donors (Lipinski definition) is 2. The first kappa shape index (κ1) is 11.0. The molecule has 1 unspecified atom stereocenters. The summed E-state index contributed by atoms with van der Waals surface area (Å²) in [6.07, 6.45) is 4.21. The number of nitrogens with zero attached hydrogens (tertiary/aromatic N) is 1. The van der Waals surface area contributed by atoms with E-state index in [-0.39, 0.29) is 6.61 Å². The Kier molecular flexibility index (Phi) is 3.72. The van der Waals surface area contributed by atoms with Gasteiger partial charge >= 0.3 is 0 Å². The summed E-state index contributed by atoms with van der Waals surface area (Å²) >= 11 is 1.78. The summed E-state index contributed by atoms with van der Waals surface area (Å²) in [6.45, 7) is 3.53. The molecule has 0 amide bonds. The van der Waals surface area contributed by atoms with E-state index in [1.807, 2.05) is 0 Å². The molecule has 0 aromatic carbocycles. The summed E-state index contributed by atoms with van der Waals surface area (Å²) < 4.78 is 0. The number of aliphatic hydroxyl groups excluding tert-OH is 1. The standard InChI is InChI=1S/C11H18N2OS/c1-8-11(9-4-2-6-12-9)13-10(15-8)5-3-7-14/h9,12,14H,2-7H2,1H3. The predicted octanol–water partition coefficient (Wildman–Crippen LogP) is 1.80. The van der Waals surface area contributed by atoms with Crippen LogP contribution in [-0.2, 0) is 6.42 Å². The molecule has 4 heteroatoms. The maximum atomic E-state index is 8.78. The van der Waals surface area contributed by atoms with Gasteiger partial charge in [0.1, 0.15) is 0 Å². The molecule has 1 atom stereocenters. The van der Waals surface area contributed by atoms with Gasteiger partial charge in [-0.3, -0.25) is 0 Å². The van der Waals surface area contributed by atoms with Crippen molar-refractivity contribution in [2.75, 3.05) is 13.2 Å². The number of aromatic nitrogens is 1. The fraction of sp³-hybridized carbons (Fsp3) is 0.727. The predicted molar refractivity (Wildman–Crippen MR) is 62.2 cm³/mol. The van der Waals surface area contributed by atoms with Crippen molar-refractivity contribution < 1.29 is 5.11 Å². The highest BCUT2D eigenvalue weighted by molar-refractivity contribution is 7.11. The number of nitrogens with one attached hydrogen (secondary N) is 1. The molecule has 1 fully saturated rings. The van der Waals surface area contributed by atoms with Gasteiger partial charge in [-0.1, -0.05) is 0 Å². The SMILES string of the molecule is Cc1sc(CCCO)nc1C1CCCN1. The van der Waals surface area contributed by atoms with Crippen LogP contribution in [0, 0.1) is 6.92 Å². The van der Waals surface area contributed by atoms with Crippen LogP contribution in [0.1, 0.15) is 40.9 Å². The van der Waals surface area contributed by atoms with Crippen LogP contribution < -0.4 is 5.32 Å². The molecule has 1 aromatic heterocycles. The van der Waals surface area contributed by atoms with Gasteiger partial charge in [0, 0.05) is 17.9 Å². The molecule has 84 valence electrons. The van der Waals surface area contributed by atoms with E-state index in [2.05, 4.69) is 17.2 Å². The largest absolute Gasteiger partial charge is 0.396 e. The third-order valence-electron chi connectivity index (χ3n) is 2.82. The van der Waals surface area contributed by atoms with Gasteiger partial charge in [0.2, 0.25) is 0 Å². The van der Waals surface area contributed by atoms with E-state index in [4.69, 9.17) is 5.11 Å². The van der Waals surface area contributed by atoms with Gasteiger partial charge in [-0.25, -0.2) is 4.98 Å². The van der Waals surface area contributed by atoms with Gasteiger partial charge in [-0.15, -0.1) is 11.3 Å². The molecule has 2 heterocycles. The van der Waals surface area contributed by atoms with E-state index in [1.54, 1.807) is 11.3 Å². The molecule has 0 radical (unpaired) electrons. The molecule has 1 aliphatic rings. The molecule has 0 aliphatic carbocycles. The second-order valence-electron chi connectivity index (χ2n) is 4.03. The van der Waals surface area contributed by atoms with Gasteiger partial charge in [0.25, 0.3) is 0 Å². The quantitative estimate of drug-likeness (QED) is 0.823. The molecule has 15 heavy (non-hydrogen) atoms. The van der Waals surface area contributed by atoms with Crippen LogP contribution in [0.5, 0.6) is 0 Å². The van der Waals surface area contributed by atoms with Crippen LogP contribution in [-0.4, -0.2) is 23.2 Å². The minimum absolute atomic E-state index is 0.260. The number of hydrogen-bond acceptors (Lipinski definition) is 4. The van der Waals surface area contributed by atoms with Crippen LogP contribution in [0.4, 0.5) is 0 Å². The molecular weight excluding hydrogens is 208 g/mol. The van der Waals surface area contributed by atoms with Gasteiger partial charge in [0.15, 0.2) is 0 Å². The third-order valence-corrected chi connectivity index (χ3v) is 3.86. The smallest absolute Gasteiger partial charge is 0.0932 e. The minimum Gasteiger partial charge on any atom is -0.396 e. The molecule has 1 saturated heterocycles. The van der Waals surface area contributed by atoms with E-state index < -0.39 is 0 Å². The fourth-order valence-electron chi connectivity index (χ4n) is 2.04. The highest BCUT2D eigenvalue weighted by Gasteiger charge is 2.21. The average molecular weight is 226 g/mol. The van der Waals surface area contributed by atoms with E-state index in [0.29, 0.717) is 6.04 Å². The minimum atomic E-state index is 0.260. The summed E-state index contributed by atoms with van der Waals surface area (Å²) in [5.74, 6) is 0. The van der Waals surface area contributed by atoms with Crippen LogP contribution in [0.25, 0.3) is 0 Å². The van der Waals surface area contributed by atoms with Crippen molar-refractivity contribution in [3.8, 4) is 0 Å². The Labute approximate surface area is 94.5 Å². The zero-order valence-electron chi connectivity index (χ0n) is 9.12. The Bertz CT molecular complexity index is 318. The topological polar surface area (TPSA) is 45.2 Å². The molecule has 1 aromatic rings. The molecule has 2 rings (SSSR count). The van der Waals surface area contributed by atoms with Gasteiger partial charge in [-0.2, -0.15) is 0 Å². The molecule has 0 bridgehead atoms. The van der Waals surface area contributed by atoms with E-state index >= 15 is 0 Å². The van der Waals surface area contributed by atoms with Crippen molar-refractivity contribution in [1.82, 2.24) is 10.3 Å². The van der Waals surface area contributed by atoms with Crippen molar-refractivity contribution in [3.63, 3.8) is 0 Å². The normalized spacial score (nSPS) is 21.1. The molecule has 0 saturated carbocycles. The maximum Gasteiger partial charge on any atom is 0.0932 e. The van der Waals surface area contributed by atoms with E-state index in [0.717, 1.165) is 19.4 Å². The van der Waals surface area contributed by atoms with Gasteiger partial charge in [0.05, 0.1) is 16.7 Å². The second kappa shape index (κ2) is 5.05. The zero-order chi connectivity index (χ0) is 10.7. The fourth-order valence-corrected chi connectivity index (χ4v) is 3.08. The molecule has 2 N–H and O–H groups in total. The Morgan fingerprint density at radius 2 is 2.47 bits per heavy atom. The van der Waals surface area contributed by atoms with Gasteiger partial charge in [-0.05, 0) is 32.7 Å². The van der Waals surface area contributed by atoms with E-state index in [1.165, 1.54) is 28.4 Å². The second-order valence-corrected chi connectivity index (χ2v) is 5.31. The first-order chi connectivity index (χ1) is 7.31. The monoisotopic (exact) mass is 226 g/mol. The van der Waals surface area contributed by atoms with Crippen LogP contribution in [0.3, 0.4) is 0 Å². The lowest BCUT2D eigenvalue weighted by Crippen LogP contribution is -2.14. The van der Waals surface area contributed by atoms with Crippen molar-refractivity contribution >= 4 is 11.3 Å². The lowest BCUT2D eigenvalue weighted by Gasteiger charge is -2.07. The van der Waals surface area contributed by atoms with Crippen LogP contribution in [0.15, 0.2) is 0 Å². The summed E-state index contributed by atoms with van der Waals surface area (Å²) in [4.78, 5) is 6.01. The number of rotatable bonds is 4. The summed E-state index contributed by atoms with van der Waals surface area (Å²) in [6, 6.07) is 0.476. The first-order valence-electron chi connectivity index (χ1n) is 5.61. The first-order valence-corrected chi connectivity index (χ1v) is 6.43. The summed E-state index contributed by atoms with van der Waals surface area (Å²) in [5, 5.41) is 13.4. The van der Waals surface area contributed by atoms with Crippen molar-refractivity contribution in [3.05, 3.63) is 15.6 Å². The highest BCUT2D eigenvalue weighted by atomic mass is 32.1. The maximum absolute atomic E-state index is 8.78. The number of aliphatic hydroxyl groups is 1. The molecule has 0 spiro atoms. The molecule has 1 aliphatic heterocycles. The van der Waals surface area contributed by atoms with Crippen molar-refractivity contribution in [2.45, 2.75) is 38.6 Å². The van der Waals surface area contributed by atoms with Crippen LogP contribution in [0.2, 0.25) is 0 Å². The Balaban J connectivity index is 2.06. The lowest BCUT2D eigenvalue weighted by atomic mass is 10.1. The number of aryl methyl sites for hydroxylation is 2. The van der Waals surface area contributed by atoms with Crippen molar-refractivity contribution in [2.24, 2.45) is 0 Å². The van der Waals surface area contributed by atoms with Crippen LogP contribution >= 0.6 is 11.3 Å². The summed E-state index contributed by atoms with van der Waals surface area (Å²) in [5.41, 5.74) is 1.24. The Morgan fingerprint density at radius 3 is 3.13 bits per heavy atom. The van der Waals surface area contributed by atoms with Gasteiger partial charge < -0.3 is 10.4 Å². The third kappa shape index (κ3) is 2.56. The van der Waals surface area contributed by atoms with E-state index in [9.17, 15) is 0 Å².